The minimum Gasteiger partial charge on any atom is -0.486 e. The van der Waals surface area contributed by atoms with Gasteiger partial charge >= 0.3 is 0 Å². The first-order valence-corrected chi connectivity index (χ1v) is 12.6. The molecular weight excluding hydrogens is 469 g/mol. The molecule has 11 heteroatoms. The Morgan fingerprint density at radius 1 is 1.00 bits per heavy atom. The van der Waals surface area contributed by atoms with Crippen molar-refractivity contribution in [3.05, 3.63) is 59.4 Å². The van der Waals surface area contributed by atoms with Gasteiger partial charge in [0.05, 0.1) is 11.1 Å². The smallest absolute Gasteiger partial charge is 0.265 e. The van der Waals surface area contributed by atoms with Gasteiger partial charge in [0.25, 0.3) is 5.91 Å². The molecule has 1 fully saturated rings. The van der Waals surface area contributed by atoms with Crippen molar-refractivity contribution in [2.45, 2.75) is 4.90 Å². The summed E-state index contributed by atoms with van der Waals surface area (Å²) >= 11 is 1.12. The molecule has 2 aliphatic heterocycles. The van der Waals surface area contributed by atoms with Crippen molar-refractivity contribution in [2.24, 2.45) is 0 Å². The van der Waals surface area contributed by atoms with Crippen LogP contribution in [0.15, 0.2) is 53.6 Å². The normalized spacial score (nSPS) is 16.6. The van der Waals surface area contributed by atoms with Crippen LogP contribution in [-0.2, 0) is 10.0 Å². The van der Waals surface area contributed by atoms with Crippen LogP contribution in [0.4, 0.5) is 4.39 Å². The van der Waals surface area contributed by atoms with Crippen LogP contribution in [0.1, 0.15) is 9.67 Å². The molecule has 2 aliphatic rings. The van der Waals surface area contributed by atoms with Gasteiger partial charge in [-0.15, -0.1) is 11.3 Å². The van der Waals surface area contributed by atoms with Crippen LogP contribution in [0.5, 0.6) is 11.5 Å². The summed E-state index contributed by atoms with van der Waals surface area (Å²) in [7, 11) is -3.74. The molecule has 0 bridgehead atoms. The molecule has 2 aromatic carbocycles. The molecule has 5 rings (SSSR count). The number of halogens is 1. The van der Waals surface area contributed by atoms with Gasteiger partial charge in [0.1, 0.15) is 28.9 Å². The number of carbonyl (C=O) groups excluding carboxylic acids is 1. The van der Waals surface area contributed by atoms with Crippen LogP contribution in [0.3, 0.4) is 0 Å². The van der Waals surface area contributed by atoms with Gasteiger partial charge in [-0.25, -0.2) is 17.8 Å². The van der Waals surface area contributed by atoms with Gasteiger partial charge in [-0.05, 0) is 24.3 Å². The van der Waals surface area contributed by atoms with Crippen molar-refractivity contribution < 1.29 is 27.1 Å². The lowest BCUT2D eigenvalue weighted by Gasteiger charge is -2.33. The largest absolute Gasteiger partial charge is 0.486 e. The molecule has 172 valence electrons. The third-order valence-electron chi connectivity index (χ3n) is 5.50. The lowest BCUT2D eigenvalue weighted by molar-refractivity contribution is 0.0702. The van der Waals surface area contributed by atoms with Gasteiger partial charge in [-0.1, -0.05) is 12.1 Å². The second kappa shape index (κ2) is 8.73. The fourth-order valence-corrected chi connectivity index (χ4v) is 6.10. The quantitative estimate of drug-likeness (QED) is 0.560. The maximum Gasteiger partial charge on any atom is 0.265 e. The summed E-state index contributed by atoms with van der Waals surface area (Å²) in [5, 5.41) is 0.427. The Hall–Kier alpha value is -3.02. The average Bonchev–Trinajstić information content (AvgIpc) is 3.33. The molecule has 8 nitrogen and oxygen atoms in total. The van der Waals surface area contributed by atoms with E-state index in [1.165, 1.54) is 28.7 Å². The predicted octanol–water partition coefficient (Wildman–Crippen LogP) is 2.87. The number of nitrogens with zero attached hydrogens (tertiary/aromatic N) is 3. The standard InChI is InChI=1S/C22H20FN3O5S2/c23-17-4-2-1-3-16(17)21-24-14-20(32-21)22(27)25-7-9-26(10-8-25)33(28,29)15-5-6-18-19(13-15)31-12-11-30-18/h1-6,13-14H,7-12H2. The van der Waals surface area contributed by atoms with E-state index in [0.29, 0.717) is 40.2 Å². The predicted molar refractivity (Wildman–Crippen MR) is 120 cm³/mol. The molecule has 0 aliphatic carbocycles. The molecule has 0 radical (unpaired) electrons. The maximum absolute atomic E-state index is 14.0. The monoisotopic (exact) mass is 489 g/mol. The Morgan fingerprint density at radius 2 is 1.73 bits per heavy atom. The van der Waals surface area contributed by atoms with Crippen LogP contribution < -0.4 is 9.47 Å². The minimum atomic E-state index is -3.74. The van der Waals surface area contributed by atoms with E-state index in [2.05, 4.69) is 4.98 Å². The Labute approximate surface area is 194 Å². The van der Waals surface area contributed by atoms with Crippen molar-refractivity contribution in [1.29, 1.82) is 0 Å². The van der Waals surface area contributed by atoms with Gasteiger partial charge in [0.15, 0.2) is 11.5 Å². The topological polar surface area (TPSA) is 89.0 Å². The number of thiazole rings is 1. The molecule has 1 saturated heterocycles. The van der Waals surface area contributed by atoms with Gasteiger partial charge < -0.3 is 14.4 Å². The lowest BCUT2D eigenvalue weighted by Crippen LogP contribution is -2.50. The summed E-state index contributed by atoms with van der Waals surface area (Å²) in [6, 6.07) is 10.8. The number of fused-ring (bicyclic) bond motifs is 1. The average molecular weight is 490 g/mol. The van der Waals surface area contributed by atoms with Gasteiger partial charge in [0, 0.05) is 37.8 Å². The summed E-state index contributed by atoms with van der Waals surface area (Å²) in [5.74, 6) is 0.289. The fraction of sp³-hybridized carbons (Fsp3) is 0.273. The number of carbonyl (C=O) groups is 1. The van der Waals surface area contributed by atoms with E-state index in [1.807, 2.05) is 0 Å². The number of piperazine rings is 1. The number of hydrogen-bond donors (Lipinski definition) is 0. The fourth-order valence-electron chi connectivity index (χ4n) is 3.75. The molecule has 33 heavy (non-hydrogen) atoms. The van der Waals surface area contributed by atoms with Gasteiger partial charge in [0.2, 0.25) is 10.0 Å². The second-order valence-corrected chi connectivity index (χ2v) is 10.5. The first-order chi connectivity index (χ1) is 15.9. The number of hydrogen-bond acceptors (Lipinski definition) is 7. The zero-order chi connectivity index (χ0) is 23.0. The maximum atomic E-state index is 14.0. The van der Waals surface area contributed by atoms with Crippen LogP contribution in [0, 0.1) is 5.82 Å². The lowest BCUT2D eigenvalue weighted by atomic mass is 10.2. The molecule has 3 heterocycles. The molecule has 3 aromatic rings. The highest BCUT2D eigenvalue weighted by molar-refractivity contribution is 7.89. The zero-order valence-corrected chi connectivity index (χ0v) is 19.1. The summed E-state index contributed by atoms with van der Waals surface area (Å²) in [6.07, 6.45) is 1.44. The number of amides is 1. The van der Waals surface area contributed by atoms with Crippen LogP contribution in [0.2, 0.25) is 0 Å². The van der Waals surface area contributed by atoms with Crippen LogP contribution >= 0.6 is 11.3 Å². The van der Waals surface area contributed by atoms with E-state index in [-0.39, 0.29) is 37.0 Å². The second-order valence-electron chi connectivity index (χ2n) is 7.51. The molecule has 0 N–H and O–H groups in total. The van der Waals surface area contributed by atoms with Crippen molar-refractivity contribution in [1.82, 2.24) is 14.2 Å². The summed E-state index contributed by atoms with van der Waals surface area (Å²) in [6.45, 7) is 1.62. The Balaban J connectivity index is 1.26. The first-order valence-electron chi connectivity index (χ1n) is 10.3. The molecule has 0 spiro atoms. The van der Waals surface area contributed by atoms with Crippen molar-refractivity contribution in [3.8, 4) is 22.1 Å². The zero-order valence-electron chi connectivity index (χ0n) is 17.4. The van der Waals surface area contributed by atoms with Crippen LogP contribution in [0.25, 0.3) is 10.6 Å². The van der Waals surface area contributed by atoms with Crippen LogP contribution in [-0.4, -0.2) is 67.9 Å². The number of rotatable bonds is 4. The Kier molecular flexibility index (Phi) is 5.77. The Bertz CT molecular complexity index is 1300. The minimum absolute atomic E-state index is 0.128. The highest BCUT2D eigenvalue weighted by atomic mass is 32.2. The first kappa shape index (κ1) is 21.8. The molecular formula is C22H20FN3O5S2. The van der Waals surface area contributed by atoms with Gasteiger partial charge in [-0.2, -0.15) is 4.31 Å². The third-order valence-corrected chi connectivity index (χ3v) is 8.41. The SMILES string of the molecule is O=C(c1cnc(-c2ccccc2F)s1)N1CCN(S(=O)(=O)c2ccc3c(c2)OCCO3)CC1. The molecule has 1 aromatic heterocycles. The molecule has 0 atom stereocenters. The van der Waals surface area contributed by atoms with E-state index < -0.39 is 15.8 Å². The van der Waals surface area contributed by atoms with E-state index in [0.717, 1.165) is 11.3 Å². The molecule has 0 saturated carbocycles. The van der Waals surface area contributed by atoms with Crippen molar-refractivity contribution in [2.75, 3.05) is 39.4 Å². The number of ether oxygens (including phenoxy) is 2. The van der Waals surface area contributed by atoms with E-state index in [9.17, 15) is 17.6 Å². The third kappa shape index (κ3) is 4.19. The van der Waals surface area contributed by atoms with Gasteiger partial charge in [-0.3, -0.25) is 4.79 Å². The highest BCUT2D eigenvalue weighted by Gasteiger charge is 2.32. The number of benzene rings is 2. The van der Waals surface area contributed by atoms with E-state index in [4.69, 9.17) is 9.47 Å². The summed E-state index contributed by atoms with van der Waals surface area (Å²) in [4.78, 5) is 19.2. The Morgan fingerprint density at radius 3 is 2.48 bits per heavy atom. The summed E-state index contributed by atoms with van der Waals surface area (Å²) in [5.41, 5.74) is 0.344. The molecule has 1 amide bonds. The van der Waals surface area contributed by atoms with Crippen molar-refractivity contribution in [3.63, 3.8) is 0 Å². The van der Waals surface area contributed by atoms with E-state index in [1.54, 1.807) is 29.2 Å². The number of sulfonamides is 1. The van der Waals surface area contributed by atoms with E-state index >= 15 is 0 Å². The molecule has 0 unspecified atom stereocenters. The summed E-state index contributed by atoms with van der Waals surface area (Å²) < 4.78 is 52.5. The van der Waals surface area contributed by atoms with Crippen molar-refractivity contribution >= 4 is 27.3 Å². The number of aromatic nitrogens is 1. The highest BCUT2D eigenvalue weighted by Crippen LogP contribution is 2.33.